The maximum absolute atomic E-state index is 5.32. The first kappa shape index (κ1) is 17.2. The van der Waals surface area contributed by atoms with Crippen LogP contribution in [0.4, 0.5) is 0 Å². The van der Waals surface area contributed by atoms with Gasteiger partial charge in [0.05, 0.1) is 0 Å². The van der Waals surface area contributed by atoms with Crippen molar-refractivity contribution in [3.63, 3.8) is 0 Å². The highest BCUT2D eigenvalue weighted by Crippen LogP contribution is 2.07. The van der Waals surface area contributed by atoms with E-state index in [1.165, 1.54) is 32.4 Å². The Hall–Kier alpha value is -0.810. The molecule has 1 aliphatic rings. The molecule has 0 saturated carbocycles. The summed E-state index contributed by atoms with van der Waals surface area (Å²) in [6.45, 7) is 12.0. The van der Waals surface area contributed by atoms with E-state index in [9.17, 15) is 0 Å². The highest BCUT2D eigenvalue weighted by atomic mass is 16.5. The molecule has 0 radical (unpaired) electrons. The Morgan fingerprint density at radius 3 is 2.65 bits per heavy atom. The van der Waals surface area contributed by atoms with Crippen molar-refractivity contribution >= 4 is 5.96 Å². The summed E-state index contributed by atoms with van der Waals surface area (Å²) < 4.78 is 5.32. The Bertz CT molecular complexity index is 252. The first-order chi connectivity index (χ1) is 9.86. The van der Waals surface area contributed by atoms with E-state index >= 15 is 0 Å². The number of ether oxygens (including phenoxy) is 1. The van der Waals surface area contributed by atoms with E-state index < -0.39 is 0 Å². The molecule has 1 heterocycles. The van der Waals surface area contributed by atoms with Crippen molar-refractivity contribution in [1.29, 1.82) is 0 Å². The number of hydrogen-bond acceptors (Lipinski definition) is 3. The zero-order chi connectivity index (χ0) is 14.5. The molecule has 0 aromatic heterocycles. The lowest BCUT2D eigenvalue weighted by Crippen LogP contribution is -2.42. The van der Waals surface area contributed by atoms with Crippen LogP contribution in [0.3, 0.4) is 0 Å². The summed E-state index contributed by atoms with van der Waals surface area (Å²) in [5, 5.41) is 6.71. The second kappa shape index (κ2) is 12.0. The predicted octanol–water partition coefficient (Wildman–Crippen LogP) is 1.45. The van der Waals surface area contributed by atoms with Crippen molar-refractivity contribution in [3.8, 4) is 0 Å². The second-order valence-corrected chi connectivity index (χ2v) is 5.14. The lowest BCUT2D eigenvalue weighted by molar-refractivity contribution is 0.146. The van der Waals surface area contributed by atoms with Crippen LogP contribution in [0.15, 0.2) is 4.99 Å². The van der Waals surface area contributed by atoms with Gasteiger partial charge in [0.15, 0.2) is 5.96 Å². The number of guanidine groups is 1. The first-order valence-corrected chi connectivity index (χ1v) is 8.19. The minimum absolute atomic E-state index is 0.790. The van der Waals surface area contributed by atoms with Crippen LogP contribution in [0.5, 0.6) is 0 Å². The third-order valence-corrected chi connectivity index (χ3v) is 3.43. The molecule has 118 valence electrons. The molecular formula is C15H32N4O. The zero-order valence-electron chi connectivity index (χ0n) is 13.3. The maximum Gasteiger partial charge on any atom is 0.191 e. The molecule has 0 unspecified atom stereocenters. The van der Waals surface area contributed by atoms with Gasteiger partial charge in [0.25, 0.3) is 0 Å². The fraction of sp³-hybridized carbons (Fsp3) is 0.933. The van der Waals surface area contributed by atoms with E-state index in [0.29, 0.717) is 0 Å². The Morgan fingerprint density at radius 1 is 1.15 bits per heavy atom. The van der Waals surface area contributed by atoms with Crippen molar-refractivity contribution in [1.82, 2.24) is 15.5 Å². The molecule has 5 heteroatoms. The van der Waals surface area contributed by atoms with Crippen LogP contribution in [0.1, 0.15) is 39.5 Å². The number of aliphatic imine (C=N–C) groups is 1. The topological polar surface area (TPSA) is 48.9 Å². The molecule has 5 nitrogen and oxygen atoms in total. The van der Waals surface area contributed by atoms with Gasteiger partial charge in [-0.15, -0.1) is 0 Å². The van der Waals surface area contributed by atoms with Crippen molar-refractivity contribution in [2.24, 2.45) is 4.99 Å². The van der Waals surface area contributed by atoms with Gasteiger partial charge >= 0.3 is 0 Å². The quantitative estimate of drug-likeness (QED) is 0.382. The molecule has 1 fully saturated rings. The summed E-state index contributed by atoms with van der Waals surface area (Å²) in [5.41, 5.74) is 0. The predicted molar refractivity (Wildman–Crippen MR) is 85.4 cm³/mol. The summed E-state index contributed by atoms with van der Waals surface area (Å²) in [6, 6.07) is 0. The molecule has 1 saturated heterocycles. The molecule has 0 bridgehead atoms. The molecule has 0 aromatic carbocycles. The molecular weight excluding hydrogens is 252 g/mol. The largest absolute Gasteiger partial charge is 0.382 e. The van der Waals surface area contributed by atoms with Gasteiger partial charge in [0.2, 0.25) is 0 Å². The average molecular weight is 284 g/mol. The lowest BCUT2D eigenvalue weighted by atomic mass is 10.1. The van der Waals surface area contributed by atoms with Crippen LogP contribution >= 0.6 is 0 Å². The van der Waals surface area contributed by atoms with E-state index in [0.717, 1.165) is 51.8 Å². The Balaban J connectivity index is 2.14. The lowest BCUT2D eigenvalue weighted by Gasteiger charge is -2.26. The summed E-state index contributed by atoms with van der Waals surface area (Å²) in [5.74, 6) is 0.931. The van der Waals surface area contributed by atoms with Crippen LogP contribution < -0.4 is 10.6 Å². The fourth-order valence-electron chi connectivity index (χ4n) is 2.36. The van der Waals surface area contributed by atoms with Gasteiger partial charge in [-0.25, -0.2) is 0 Å². The number of likely N-dealkylation sites (tertiary alicyclic amines) is 1. The summed E-state index contributed by atoms with van der Waals surface area (Å²) in [6.07, 6.45) is 5.08. The molecule has 0 atom stereocenters. The third-order valence-electron chi connectivity index (χ3n) is 3.43. The van der Waals surface area contributed by atoms with Crippen LogP contribution in [0.25, 0.3) is 0 Å². The maximum atomic E-state index is 5.32. The van der Waals surface area contributed by atoms with Crippen molar-refractivity contribution in [2.75, 3.05) is 52.5 Å². The Morgan fingerprint density at radius 2 is 1.95 bits per heavy atom. The second-order valence-electron chi connectivity index (χ2n) is 5.14. The monoisotopic (exact) mass is 284 g/mol. The van der Waals surface area contributed by atoms with Gasteiger partial charge in [-0.2, -0.15) is 0 Å². The zero-order valence-corrected chi connectivity index (χ0v) is 13.3. The smallest absolute Gasteiger partial charge is 0.191 e. The third kappa shape index (κ3) is 8.38. The van der Waals surface area contributed by atoms with E-state index in [1.807, 2.05) is 6.92 Å². The number of rotatable bonds is 9. The Kier molecular flexibility index (Phi) is 10.3. The van der Waals surface area contributed by atoms with Crippen LogP contribution in [0.2, 0.25) is 0 Å². The van der Waals surface area contributed by atoms with Gasteiger partial charge in [-0.1, -0.05) is 6.42 Å². The summed E-state index contributed by atoms with van der Waals surface area (Å²) in [4.78, 5) is 7.10. The fourth-order valence-corrected chi connectivity index (χ4v) is 2.36. The highest BCUT2D eigenvalue weighted by molar-refractivity contribution is 5.79. The summed E-state index contributed by atoms with van der Waals surface area (Å²) in [7, 11) is 0. The van der Waals surface area contributed by atoms with Crippen LogP contribution in [-0.2, 0) is 4.74 Å². The van der Waals surface area contributed by atoms with Crippen LogP contribution in [-0.4, -0.2) is 63.3 Å². The number of nitrogens with one attached hydrogen (secondary N) is 2. The van der Waals surface area contributed by atoms with Crippen molar-refractivity contribution in [3.05, 3.63) is 0 Å². The van der Waals surface area contributed by atoms with Gasteiger partial charge in [0.1, 0.15) is 0 Å². The van der Waals surface area contributed by atoms with Crippen molar-refractivity contribution < 1.29 is 4.74 Å². The molecule has 2 N–H and O–H groups in total. The van der Waals surface area contributed by atoms with Gasteiger partial charge in [0, 0.05) is 39.4 Å². The normalized spacial score (nSPS) is 17.2. The first-order valence-electron chi connectivity index (χ1n) is 8.19. The van der Waals surface area contributed by atoms with E-state index in [2.05, 4.69) is 27.4 Å². The number of nitrogens with zero attached hydrogens (tertiary/aromatic N) is 2. The average Bonchev–Trinajstić information content (AvgIpc) is 2.48. The van der Waals surface area contributed by atoms with Gasteiger partial charge in [-0.3, -0.25) is 4.99 Å². The highest BCUT2D eigenvalue weighted by Gasteiger charge is 2.09. The van der Waals surface area contributed by atoms with E-state index in [4.69, 9.17) is 4.74 Å². The van der Waals surface area contributed by atoms with Gasteiger partial charge < -0.3 is 20.3 Å². The Labute approximate surface area is 124 Å². The van der Waals surface area contributed by atoms with Crippen molar-refractivity contribution in [2.45, 2.75) is 39.5 Å². The van der Waals surface area contributed by atoms with Gasteiger partial charge in [-0.05, 0) is 46.2 Å². The molecule has 0 spiro atoms. The summed E-state index contributed by atoms with van der Waals surface area (Å²) >= 11 is 0. The number of piperidine rings is 1. The SMILES string of the molecule is CCNC(=NCCCOCC)NCCN1CCCCC1. The number of hydrogen-bond donors (Lipinski definition) is 2. The molecule has 0 aromatic rings. The standard InChI is InChI=1S/C15H32N4O/c1-3-16-15(17-9-8-14-20-4-2)18-10-13-19-11-6-5-7-12-19/h3-14H2,1-2H3,(H2,16,17,18). The van der Waals surface area contributed by atoms with Crippen LogP contribution in [0, 0.1) is 0 Å². The molecule has 0 aliphatic carbocycles. The molecule has 0 amide bonds. The molecule has 1 rings (SSSR count). The minimum atomic E-state index is 0.790. The molecule has 1 aliphatic heterocycles. The molecule has 20 heavy (non-hydrogen) atoms. The van der Waals surface area contributed by atoms with E-state index in [-0.39, 0.29) is 0 Å². The van der Waals surface area contributed by atoms with E-state index in [1.54, 1.807) is 0 Å². The minimum Gasteiger partial charge on any atom is -0.382 e.